The fourth-order valence-corrected chi connectivity index (χ4v) is 1.91. The lowest BCUT2D eigenvalue weighted by Gasteiger charge is -2.31. The zero-order valence-corrected chi connectivity index (χ0v) is 8.90. The number of hydrogen-bond acceptors (Lipinski definition) is 3. The summed E-state index contributed by atoms with van der Waals surface area (Å²) in [5.41, 5.74) is 1.18. The summed E-state index contributed by atoms with van der Waals surface area (Å²) in [5.74, 6) is 0. The van der Waals surface area contributed by atoms with E-state index >= 15 is 0 Å². The molecule has 0 radical (unpaired) electrons. The summed E-state index contributed by atoms with van der Waals surface area (Å²) in [4.78, 5) is 6.86. The van der Waals surface area contributed by atoms with Gasteiger partial charge in [-0.05, 0) is 6.92 Å². The normalized spacial score (nSPS) is 21.0. The van der Waals surface area contributed by atoms with Crippen LogP contribution in [0.2, 0.25) is 0 Å². The molecule has 78 valence electrons. The first kappa shape index (κ1) is 9.68. The van der Waals surface area contributed by atoms with Crippen molar-refractivity contribution in [1.82, 2.24) is 19.8 Å². The van der Waals surface area contributed by atoms with Crippen molar-refractivity contribution in [3.8, 4) is 0 Å². The second kappa shape index (κ2) is 4.11. The molecule has 4 nitrogen and oxygen atoms in total. The van der Waals surface area contributed by atoms with Crippen molar-refractivity contribution in [3.63, 3.8) is 0 Å². The molecule has 1 aliphatic rings. The van der Waals surface area contributed by atoms with Gasteiger partial charge in [0.25, 0.3) is 0 Å². The van der Waals surface area contributed by atoms with E-state index in [1.54, 1.807) is 0 Å². The standard InChI is InChI=1S/C10H18N4/c1-9(10-7-13(2)8-12-10)14-5-3-11-4-6-14/h7-9,11H,3-6H2,1-2H3. The number of hydrogen-bond donors (Lipinski definition) is 1. The first-order chi connectivity index (χ1) is 6.77. The Balaban J connectivity index is 2.03. The molecular formula is C10H18N4. The second-order valence-electron chi connectivity index (χ2n) is 3.93. The van der Waals surface area contributed by atoms with Gasteiger partial charge in [-0.25, -0.2) is 4.98 Å². The van der Waals surface area contributed by atoms with Gasteiger partial charge in [0.1, 0.15) is 0 Å². The van der Waals surface area contributed by atoms with Gasteiger partial charge in [0.05, 0.1) is 18.1 Å². The minimum Gasteiger partial charge on any atom is -0.340 e. The molecule has 0 bridgehead atoms. The molecule has 1 aliphatic heterocycles. The first-order valence-electron chi connectivity index (χ1n) is 5.20. The smallest absolute Gasteiger partial charge is 0.0947 e. The Morgan fingerprint density at radius 1 is 1.43 bits per heavy atom. The average Bonchev–Trinajstić information content (AvgIpc) is 2.65. The maximum Gasteiger partial charge on any atom is 0.0947 e. The van der Waals surface area contributed by atoms with Crippen molar-refractivity contribution in [2.75, 3.05) is 26.2 Å². The molecule has 14 heavy (non-hydrogen) atoms. The number of nitrogens with zero attached hydrogens (tertiary/aromatic N) is 3. The zero-order chi connectivity index (χ0) is 9.97. The monoisotopic (exact) mass is 194 g/mol. The lowest BCUT2D eigenvalue weighted by molar-refractivity contribution is 0.183. The predicted molar refractivity (Wildman–Crippen MR) is 56.1 cm³/mol. The van der Waals surface area contributed by atoms with Crippen molar-refractivity contribution >= 4 is 0 Å². The van der Waals surface area contributed by atoms with Crippen molar-refractivity contribution in [2.24, 2.45) is 7.05 Å². The third-order valence-electron chi connectivity index (χ3n) is 2.85. The molecule has 1 N–H and O–H groups in total. The van der Waals surface area contributed by atoms with Crippen LogP contribution in [0.25, 0.3) is 0 Å². The molecule has 4 heteroatoms. The topological polar surface area (TPSA) is 33.1 Å². The molecule has 0 aliphatic carbocycles. The highest BCUT2D eigenvalue weighted by atomic mass is 15.2. The van der Waals surface area contributed by atoms with Crippen LogP contribution in [0.5, 0.6) is 0 Å². The van der Waals surface area contributed by atoms with E-state index in [9.17, 15) is 0 Å². The molecule has 2 rings (SSSR count). The van der Waals surface area contributed by atoms with E-state index in [1.165, 1.54) is 5.69 Å². The molecule has 1 aromatic heterocycles. The summed E-state index contributed by atoms with van der Waals surface area (Å²) >= 11 is 0. The highest BCUT2D eigenvalue weighted by Gasteiger charge is 2.19. The summed E-state index contributed by atoms with van der Waals surface area (Å²) in [5, 5.41) is 3.36. The Morgan fingerprint density at radius 3 is 2.71 bits per heavy atom. The molecule has 0 amide bonds. The molecule has 1 fully saturated rings. The quantitative estimate of drug-likeness (QED) is 0.739. The van der Waals surface area contributed by atoms with E-state index in [4.69, 9.17) is 0 Å². The summed E-state index contributed by atoms with van der Waals surface area (Å²) in [6.07, 6.45) is 3.97. The summed E-state index contributed by atoms with van der Waals surface area (Å²) in [7, 11) is 2.01. The Morgan fingerprint density at radius 2 is 2.14 bits per heavy atom. The highest BCUT2D eigenvalue weighted by Crippen LogP contribution is 2.17. The van der Waals surface area contributed by atoms with Crippen LogP contribution in [-0.4, -0.2) is 40.6 Å². The number of aromatic nitrogens is 2. The zero-order valence-electron chi connectivity index (χ0n) is 8.90. The van der Waals surface area contributed by atoms with Crippen LogP contribution in [0, 0.1) is 0 Å². The van der Waals surface area contributed by atoms with E-state index in [1.807, 2.05) is 17.9 Å². The fraction of sp³-hybridized carbons (Fsp3) is 0.700. The highest BCUT2D eigenvalue weighted by molar-refractivity contribution is 5.03. The van der Waals surface area contributed by atoms with E-state index in [2.05, 4.69) is 28.3 Å². The Bertz CT molecular complexity index is 288. The Kier molecular flexibility index (Phi) is 2.84. The van der Waals surface area contributed by atoms with Crippen LogP contribution < -0.4 is 5.32 Å². The van der Waals surface area contributed by atoms with Gasteiger partial charge in [0, 0.05) is 39.4 Å². The van der Waals surface area contributed by atoms with E-state index in [0.29, 0.717) is 6.04 Å². The molecule has 1 saturated heterocycles. The van der Waals surface area contributed by atoms with Gasteiger partial charge in [0.2, 0.25) is 0 Å². The van der Waals surface area contributed by atoms with E-state index in [-0.39, 0.29) is 0 Å². The fourth-order valence-electron chi connectivity index (χ4n) is 1.91. The van der Waals surface area contributed by atoms with Crippen LogP contribution in [0.3, 0.4) is 0 Å². The number of nitrogens with one attached hydrogen (secondary N) is 1. The molecule has 1 atom stereocenters. The average molecular weight is 194 g/mol. The summed E-state index contributed by atoms with van der Waals surface area (Å²) in [6.45, 7) is 6.66. The minimum absolute atomic E-state index is 0.443. The van der Waals surface area contributed by atoms with Gasteiger partial charge in [0.15, 0.2) is 0 Å². The number of imidazole rings is 1. The molecule has 0 aromatic carbocycles. The molecule has 1 aromatic rings. The molecule has 0 saturated carbocycles. The van der Waals surface area contributed by atoms with Crippen LogP contribution >= 0.6 is 0 Å². The molecule has 2 heterocycles. The predicted octanol–water partition coefficient (Wildman–Crippen LogP) is 0.386. The van der Waals surface area contributed by atoms with Crippen LogP contribution in [0.4, 0.5) is 0 Å². The second-order valence-corrected chi connectivity index (χ2v) is 3.93. The van der Waals surface area contributed by atoms with Crippen molar-refractivity contribution in [1.29, 1.82) is 0 Å². The third kappa shape index (κ3) is 1.96. The van der Waals surface area contributed by atoms with Crippen LogP contribution in [-0.2, 0) is 7.05 Å². The van der Waals surface area contributed by atoms with Gasteiger partial charge >= 0.3 is 0 Å². The molecule has 1 unspecified atom stereocenters. The van der Waals surface area contributed by atoms with Gasteiger partial charge in [-0.2, -0.15) is 0 Å². The molecular weight excluding hydrogens is 176 g/mol. The number of aryl methyl sites for hydroxylation is 1. The Hall–Kier alpha value is -0.870. The Labute approximate surface area is 84.9 Å². The van der Waals surface area contributed by atoms with Gasteiger partial charge in [-0.3, -0.25) is 4.90 Å². The largest absolute Gasteiger partial charge is 0.340 e. The maximum absolute atomic E-state index is 4.39. The lowest BCUT2D eigenvalue weighted by Crippen LogP contribution is -2.44. The van der Waals surface area contributed by atoms with Gasteiger partial charge in [-0.1, -0.05) is 0 Å². The van der Waals surface area contributed by atoms with Gasteiger partial charge < -0.3 is 9.88 Å². The van der Waals surface area contributed by atoms with E-state index < -0.39 is 0 Å². The van der Waals surface area contributed by atoms with Crippen LogP contribution in [0.1, 0.15) is 18.7 Å². The number of rotatable bonds is 2. The number of piperazine rings is 1. The lowest BCUT2D eigenvalue weighted by atomic mass is 10.2. The third-order valence-corrected chi connectivity index (χ3v) is 2.85. The molecule has 0 spiro atoms. The van der Waals surface area contributed by atoms with Crippen LogP contribution in [0.15, 0.2) is 12.5 Å². The maximum atomic E-state index is 4.39. The SMILES string of the molecule is CC(c1cn(C)cn1)N1CCNCC1. The minimum atomic E-state index is 0.443. The van der Waals surface area contributed by atoms with Crippen molar-refractivity contribution in [3.05, 3.63) is 18.2 Å². The first-order valence-corrected chi connectivity index (χ1v) is 5.20. The summed E-state index contributed by atoms with van der Waals surface area (Å²) < 4.78 is 2.01. The van der Waals surface area contributed by atoms with Crippen molar-refractivity contribution < 1.29 is 0 Å². The van der Waals surface area contributed by atoms with E-state index in [0.717, 1.165) is 26.2 Å². The summed E-state index contributed by atoms with van der Waals surface area (Å²) in [6, 6.07) is 0.443. The van der Waals surface area contributed by atoms with Crippen molar-refractivity contribution in [2.45, 2.75) is 13.0 Å². The van der Waals surface area contributed by atoms with Gasteiger partial charge in [-0.15, -0.1) is 0 Å².